The SMILES string of the molecule is COc1ccc(O)c(C(=O)NCCC#N)c1. The molecule has 0 saturated carbocycles. The van der Waals surface area contributed by atoms with Crippen LogP contribution in [-0.2, 0) is 0 Å². The van der Waals surface area contributed by atoms with Crippen molar-refractivity contribution in [1.29, 1.82) is 5.26 Å². The first-order chi connectivity index (χ1) is 7.69. The van der Waals surface area contributed by atoms with E-state index in [9.17, 15) is 9.90 Å². The summed E-state index contributed by atoms with van der Waals surface area (Å²) in [6.07, 6.45) is 0.233. The molecule has 0 unspecified atom stereocenters. The van der Waals surface area contributed by atoms with E-state index < -0.39 is 5.91 Å². The average molecular weight is 220 g/mol. The van der Waals surface area contributed by atoms with E-state index in [0.29, 0.717) is 5.75 Å². The number of nitrogens with zero attached hydrogens (tertiary/aromatic N) is 1. The highest BCUT2D eigenvalue weighted by Crippen LogP contribution is 2.22. The third-order valence-corrected chi connectivity index (χ3v) is 1.97. The fourth-order valence-corrected chi connectivity index (χ4v) is 1.15. The Labute approximate surface area is 93.3 Å². The van der Waals surface area contributed by atoms with Gasteiger partial charge in [-0.15, -0.1) is 0 Å². The summed E-state index contributed by atoms with van der Waals surface area (Å²) in [5.74, 6) is -0.0508. The third-order valence-electron chi connectivity index (χ3n) is 1.97. The van der Waals surface area contributed by atoms with E-state index in [-0.39, 0.29) is 24.3 Å². The molecule has 0 fully saturated rings. The van der Waals surface area contributed by atoms with Crippen LogP contribution in [0.4, 0.5) is 0 Å². The van der Waals surface area contributed by atoms with Crippen molar-refractivity contribution in [3.05, 3.63) is 23.8 Å². The van der Waals surface area contributed by atoms with Gasteiger partial charge in [0.1, 0.15) is 11.5 Å². The molecule has 2 N–H and O–H groups in total. The number of amides is 1. The first kappa shape index (κ1) is 11.9. The van der Waals surface area contributed by atoms with Gasteiger partial charge in [-0.25, -0.2) is 0 Å². The van der Waals surface area contributed by atoms with Gasteiger partial charge in [-0.2, -0.15) is 5.26 Å². The molecular weight excluding hydrogens is 208 g/mol. The van der Waals surface area contributed by atoms with Crippen molar-refractivity contribution in [2.45, 2.75) is 6.42 Å². The number of nitriles is 1. The number of hydrogen-bond acceptors (Lipinski definition) is 4. The number of nitrogens with one attached hydrogen (secondary N) is 1. The lowest BCUT2D eigenvalue weighted by molar-refractivity contribution is 0.0951. The topological polar surface area (TPSA) is 82.3 Å². The second-order valence-electron chi connectivity index (χ2n) is 3.05. The minimum Gasteiger partial charge on any atom is -0.507 e. The zero-order valence-corrected chi connectivity index (χ0v) is 8.86. The highest BCUT2D eigenvalue weighted by atomic mass is 16.5. The van der Waals surface area contributed by atoms with Crippen molar-refractivity contribution in [3.63, 3.8) is 0 Å². The Morgan fingerprint density at radius 1 is 1.62 bits per heavy atom. The molecule has 84 valence electrons. The molecule has 0 saturated heterocycles. The van der Waals surface area contributed by atoms with Gasteiger partial charge in [0.15, 0.2) is 0 Å². The van der Waals surface area contributed by atoms with Crippen LogP contribution in [0, 0.1) is 11.3 Å². The first-order valence-electron chi connectivity index (χ1n) is 4.71. The summed E-state index contributed by atoms with van der Waals surface area (Å²) in [6, 6.07) is 6.30. The molecule has 0 aliphatic heterocycles. The van der Waals surface area contributed by atoms with Gasteiger partial charge >= 0.3 is 0 Å². The molecule has 0 spiro atoms. The lowest BCUT2D eigenvalue weighted by Gasteiger charge is -2.07. The maximum Gasteiger partial charge on any atom is 0.255 e. The minimum atomic E-state index is -0.424. The summed E-state index contributed by atoms with van der Waals surface area (Å²) < 4.78 is 4.94. The van der Waals surface area contributed by atoms with Gasteiger partial charge in [0.25, 0.3) is 5.91 Å². The van der Waals surface area contributed by atoms with Crippen LogP contribution in [0.15, 0.2) is 18.2 Å². The van der Waals surface area contributed by atoms with Crippen LogP contribution >= 0.6 is 0 Å². The number of ether oxygens (including phenoxy) is 1. The van der Waals surface area contributed by atoms with E-state index in [1.807, 2.05) is 6.07 Å². The first-order valence-corrected chi connectivity index (χ1v) is 4.71. The van der Waals surface area contributed by atoms with Crippen molar-refractivity contribution in [3.8, 4) is 17.6 Å². The standard InChI is InChI=1S/C11H12N2O3/c1-16-8-3-4-10(14)9(7-8)11(15)13-6-2-5-12/h3-4,7,14H,2,6H2,1H3,(H,13,15). The summed E-state index contributed by atoms with van der Waals surface area (Å²) >= 11 is 0. The van der Waals surface area contributed by atoms with Crippen LogP contribution in [-0.4, -0.2) is 24.7 Å². The molecule has 16 heavy (non-hydrogen) atoms. The molecule has 0 atom stereocenters. The predicted molar refractivity (Wildman–Crippen MR) is 57.2 cm³/mol. The Morgan fingerprint density at radius 3 is 3.00 bits per heavy atom. The normalized spacial score (nSPS) is 9.25. The van der Waals surface area contributed by atoms with Gasteiger partial charge in [0.05, 0.1) is 25.2 Å². The monoisotopic (exact) mass is 220 g/mol. The fraction of sp³-hybridized carbons (Fsp3) is 0.273. The summed E-state index contributed by atoms with van der Waals surface area (Å²) in [6.45, 7) is 0.256. The van der Waals surface area contributed by atoms with E-state index >= 15 is 0 Å². The van der Waals surface area contributed by atoms with Gasteiger partial charge in [0.2, 0.25) is 0 Å². The summed E-state index contributed by atoms with van der Waals surface area (Å²) in [4.78, 5) is 11.6. The minimum absolute atomic E-state index is 0.116. The number of phenolic OH excluding ortho intramolecular Hbond substituents is 1. The lowest BCUT2D eigenvalue weighted by Crippen LogP contribution is -2.24. The van der Waals surface area contributed by atoms with Gasteiger partial charge in [-0.05, 0) is 18.2 Å². The maximum atomic E-state index is 11.6. The number of rotatable bonds is 4. The Balaban J connectivity index is 2.78. The number of hydrogen-bond donors (Lipinski definition) is 2. The predicted octanol–water partition coefficient (Wildman–Crippen LogP) is 1.04. The number of carbonyl (C=O) groups excluding carboxylic acids is 1. The quantitative estimate of drug-likeness (QED) is 0.743. The smallest absolute Gasteiger partial charge is 0.255 e. The fourth-order valence-electron chi connectivity index (χ4n) is 1.15. The molecule has 0 aromatic heterocycles. The lowest BCUT2D eigenvalue weighted by atomic mass is 10.1. The zero-order chi connectivity index (χ0) is 12.0. The van der Waals surface area contributed by atoms with Crippen molar-refractivity contribution >= 4 is 5.91 Å². The van der Waals surface area contributed by atoms with Crippen LogP contribution < -0.4 is 10.1 Å². The summed E-state index contributed by atoms with van der Waals surface area (Å²) in [7, 11) is 1.48. The van der Waals surface area contributed by atoms with E-state index in [0.717, 1.165) is 0 Å². The number of methoxy groups -OCH3 is 1. The number of phenols is 1. The van der Waals surface area contributed by atoms with Crippen molar-refractivity contribution < 1.29 is 14.6 Å². The van der Waals surface area contributed by atoms with Crippen LogP contribution in [0.25, 0.3) is 0 Å². The summed E-state index contributed by atoms with van der Waals surface area (Å²) in [5.41, 5.74) is 0.136. The largest absolute Gasteiger partial charge is 0.507 e. The highest BCUT2D eigenvalue weighted by molar-refractivity contribution is 5.97. The van der Waals surface area contributed by atoms with Gasteiger partial charge in [-0.1, -0.05) is 0 Å². The Morgan fingerprint density at radius 2 is 2.38 bits per heavy atom. The molecule has 5 heteroatoms. The molecule has 0 bridgehead atoms. The molecule has 1 rings (SSSR count). The zero-order valence-electron chi connectivity index (χ0n) is 8.86. The second kappa shape index (κ2) is 5.61. The number of carbonyl (C=O) groups is 1. The average Bonchev–Trinajstić information content (AvgIpc) is 2.30. The number of aromatic hydroxyl groups is 1. The molecule has 1 aromatic carbocycles. The maximum absolute atomic E-state index is 11.6. The van der Waals surface area contributed by atoms with Crippen LogP contribution in [0.1, 0.15) is 16.8 Å². The van der Waals surface area contributed by atoms with Crippen LogP contribution in [0.3, 0.4) is 0 Å². The van der Waals surface area contributed by atoms with Crippen LogP contribution in [0.2, 0.25) is 0 Å². The third kappa shape index (κ3) is 2.89. The molecule has 0 heterocycles. The van der Waals surface area contributed by atoms with E-state index in [1.165, 1.54) is 19.2 Å². The molecular formula is C11H12N2O3. The Hall–Kier alpha value is -2.22. The van der Waals surface area contributed by atoms with Crippen LogP contribution in [0.5, 0.6) is 11.5 Å². The van der Waals surface area contributed by atoms with Crippen molar-refractivity contribution in [2.24, 2.45) is 0 Å². The number of benzene rings is 1. The van der Waals surface area contributed by atoms with Gasteiger partial charge in [0, 0.05) is 6.54 Å². The molecule has 0 aliphatic carbocycles. The summed E-state index contributed by atoms with van der Waals surface area (Å²) in [5, 5.41) is 20.3. The van der Waals surface area contributed by atoms with Gasteiger partial charge < -0.3 is 15.2 Å². The molecule has 5 nitrogen and oxygen atoms in total. The van der Waals surface area contributed by atoms with E-state index in [2.05, 4.69) is 5.32 Å². The van der Waals surface area contributed by atoms with E-state index in [4.69, 9.17) is 10.00 Å². The van der Waals surface area contributed by atoms with Crippen molar-refractivity contribution in [1.82, 2.24) is 5.32 Å². The second-order valence-corrected chi connectivity index (χ2v) is 3.05. The van der Waals surface area contributed by atoms with Gasteiger partial charge in [-0.3, -0.25) is 4.79 Å². The van der Waals surface area contributed by atoms with E-state index in [1.54, 1.807) is 6.07 Å². The molecule has 0 radical (unpaired) electrons. The molecule has 0 aliphatic rings. The highest BCUT2D eigenvalue weighted by Gasteiger charge is 2.11. The van der Waals surface area contributed by atoms with Crippen molar-refractivity contribution in [2.75, 3.05) is 13.7 Å². The molecule has 1 amide bonds. The Kier molecular flexibility index (Phi) is 4.16. The molecule has 1 aromatic rings. The Bertz CT molecular complexity index is 424.